The van der Waals surface area contributed by atoms with Crippen molar-refractivity contribution in [2.75, 3.05) is 0 Å². The molecular weight excluding hydrogens is 142 g/mol. The SMILES string of the molecule is CCCC/C=C/C(=O)N=C=O. The fraction of sp³-hybridized carbons (Fsp3) is 0.500. The van der Waals surface area contributed by atoms with Crippen LogP contribution >= 0.6 is 0 Å². The third-order valence-electron chi connectivity index (χ3n) is 1.14. The lowest BCUT2D eigenvalue weighted by Crippen LogP contribution is -1.83. The van der Waals surface area contributed by atoms with Gasteiger partial charge in [0.15, 0.2) is 0 Å². The number of aliphatic imine (C=N–C) groups is 1. The number of carbonyl (C=O) groups is 1. The number of hydrogen-bond acceptors (Lipinski definition) is 2. The lowest BCUT2D eigenvalue weighted by molar-refractivity contribution is -0.113. The van der Waals surface area contributed by atoms with Crippen LogP contribution in [-0.4, -0.2) is 12.0 Å². The predicted molar refractivity (Wildman–Crippen MR) is 41.8 cm³/mol. The second kappa shape index (κ2) is 6.90. The maximum Gasteiger partial charge on any atom is 0.280 e. The summed E-state index contributed by atoms with van der Waals surface area (Å²) in [6.45, 7) is 2.07. The molecular formula is C8H11NO2. The summed E-state index contributed by atoms with van der Waals surface area (Å²) in [5.74, 6) is -0.531. The molecule has 0 unspecified atom stereocenters. The summed E-state index contributed by atoms with van der Waals surface area (Å²) in [5.41, 5.74) is 0. The minimum Gasteiger partial charge on any atom is -0.267 e. The Bertz CT molecular complexity index is 190. The van der Waals surface area contributed by atoms with Crippen LogP contribution in [0.25, 0.3) is 0 Å². The van der Waals surface area contributed by atoms with Gasteiger partial charge >= 0.3 is 0 Å². The molecule has 0 saturated carbocycles. The molecule has 3 nitrogen and oxygen atoms in total. The average Bonchev–Trinajstić information content (AvgIpc) is 1.99. The molecule has 11 heavy (non-hydrogen) atoms. The van der Waals surface area contributed by atoms with Crippen LogP contribution in [0.3, 0.4) is 0 Å². The Balaban J connectivity index is 3.56. The summed E-state index contributed by atoms with van der Waals surface area (Å²) >= 11 is 0. The minimum absolute atomic E-state index is 0.531. The molecule has 0 saturated heterocycles. The highest BCUT2D eigenvalue weighted by Gasteiger charge is 1.87. The fourth-order valence-corrected chi connectivity index (χ4v) is 0.588. The van der Waals surface area contributed by atoms with Crippen molar-refractivity contribution in [3.05, 3.63) is 12.2 Å². The maximum atomic E-state index is 10.5. The zero-order chi connectivity index (χ0) is 8.53. The topological polar surface area (TPSA) is 46.5 Å². The van der Waals surface area contributed by atoms with E-state index in [1.54, 1.807) is 6.08 Å². The number of amides is 1. The van der Waals surface area contributed by atoms with Gasteiger partial charge in [-0.3, -0.25) is 4.79 Å². The summed E-state index contributed by atoms with van der Waals surface area (Å²) < 4.78 is 0. The van der Waals surface area contributed by atoms with Crippen molar-refractivity contribution in [2.24, 2.45) is 4.99 Å². The van der Waals surface area contributed by atoms with Crippen molar-refractivity contribution in [2.45, 2.75) is 26.2 Å². The monoisotopic (exact) mass is 153 g/mol. The first-order chi connectivity index (χ1) is 5.31. The van der Waals surface area contributed by atoms with Crippen molar-refractivity contribution < 1.29 is 9.59 Å². The van der Waals surface area contributed by atoms with Gasteiger partial charge in [-0.05, 0) is 6.42 Å². The van der Waals surface area contributed by atoms with Gasteiger partial charge in [-0.2, -0.15) is 0 Å². The van der Waals surface area contributed by atoms with E-state index < -0.39 is 5.91 Å². The number of unbranched alkanes of at least 4 members (excludes halogenated alkanes) is 2. The Labute approximate surface area is 65.8 Å². The van der Waals surface area contributed by atoms with E-state index in [-0.39, 0.29) is 0 Å². The van der Waals surface area contributed by atoms with Crippen LogP contribution in [-0.2, 0) is 9.59 Å². The standard InChI is InChI=1S/C8H11NO2/c1-2-3-4-5-6-8(11)9-7-10/h5-6H,2-4H2,1H3/b6-5+. The van der Waals surface area contributed by atoms with E-state index in [4.69, 9.17) is 0 Å². The molecule has 0 heterocycles. The van der Waals surface area contributed by atoms with Crippen molar-refractivity contribution in [3.63, 3.8) is 0 Å². The lowest BCUT2D eigenvalue weighted by atomic mass is 10.2. The van der Waals surface area contributed by atoms with Crippen LogP contribution in [0.5, 0.6) is 0 Å². The van der Waals surface area contributed by atoms with Crippen LogP contribution < -0.4 is 0 Å². The molecule has 0 fully saturated rings. The number of carbonyl (C=O) groups excluding carboxylic acids is 2. The first-order valence-electron chi connectivity index (χ1n) is 3.59. The van der Waals surface area contributed by atoms with Crippen molar-refractivity contribution in [1.29, 1.82) is 0 Å². The number of isocyanates is 1. The second-order valence-corrected chi connectivity index (χ2v) is 2.09. The van der Waals surface area contributed by atoms with Crippen LogP contribution in [0.1, 0.15) is 26.2 Å². The number of rotatable bonds is 4. The van der Waals surface area contributed by atoms with Crippen LogP contribution in [0.15, 0.2) is 17.1 Å². The molecule has 0 rings (SSSR count). The van der Waals surface area contributed by atoms with E-state index in [1.165, 1.54) is 12.2 Å². The zero-order valence-corrected chi connectivity index (χ0v) is 6.54. The molecule has 0 aromatic heterocycles. The molecule has 60 valence electrons. The van der Waals surface area contributed by atoms with Gasteiger partial charge in [0, 0.05) is 6.08 Å². The van der Waals surface area contributed by atoms with Crippen LogP contribution in [0.2, 0.25) is 0 Å². The van der Waals surface area contributed by atoms with Gasteiger partial charge in [-0.25, -0.2) is 4.79 Å². The van der Waals surface area contributed by atoms with E-state index in [0.717, 1.165) is 19.3 Å². The van der Waals surface area contributed by atoms with Gasteiger partial charge in [0.05, 0.1) is 0 Å². The van der Waals surface area contributed by atoms with E-state index in [2.05, 4.69) is 11.9 Å². The average molecular weight is 153 g/mol. The summed E-state index contributed by atoms with van der Waals surface area (Å²) in [7, 11) is 0. The van der Waals surface area contributed by atoms with Crippen molar-refractivity contribution >= 4 is 12.0 Å². The van der Waals surface area contributed by atoms with Gasteiger partial charge in [0.25, 0.3) is 5.91 Å². The Hall–Kier alpha value is -1.21. The number of allylic oxidation sites excluding steroid dienone is 1. The Morgan fingerprint density at radius 3 is 2.91 bits per heavy atom. The normalized spacial score (nSPS) is 9.55. The van der Waals surface area contributed by atoms with E-state index >= 15 is 0 Å². The minimum atomic E-state index is -0.531. The summed E-state index contributed by atoms with van der Waals surface area (Å²) in [6.07, 6.45) is 7.19. The van der Waals surface area contributed by atoms with Gasteiger partial charge in [0.1, 0.15) is 0 Å². The third kappa shape index (κ3) is 6.68. The van der Waals surface area contributed by atoms with Gasteiger partial charge < -0.3 is 0 Å². The second-order valence-electron chi connectivity index (χ2n) is 2.09. The molecule has 1 amide bonds. The third-order valence-corrected chi connectivity index (χ3v) is 1.14. The van der Waals surface area contributed by atoms with Gasteiger partial charge in [-0.15, -0.1) is 4.99 Å². The number of hydrogen-bond donors (Lipinski definition) is 0. The fourth-order valence-electron chi connectivity index (χ4n) is 0.588. The molecule has 0 radical (unpaired) electrons. The quantitative estimate of drug-likeness (QED) is 0.266. The van der Waals surface area contributed by atoms with Crippen molar-refractivity contribution in [1.82, 2.24) is 0 Å². The molecule has 3 heteroatoms. The first kappa shape index (κ1) is 9.79. The molecule has 0 aromatic carbocycles. The summed E-state index contributed by atoms with van der Waals surface area (Å²) in [4.78, 5) is 22.9. The first-order valence-corrected chi connectivity index (χ1v) is 3.59. The molecule has 0 atom stereocenters. The van der Waals surface area contributed by atoms with Crippen molar-refractivity contribution in [3.8, 4) is 0 Å². The summed E-state index contributed by atoms with van der Waals surface area (Å²) in [5, 5.41) is 0. The Kier molecular flexibility index (Phi) is 6.14. The lowest BCUT2D eigenvalue weighted by Gasteiger charge is -1.85. The zero-order valence-electron chi connectivity index (χ0n) is 6.54. The van der Waals surface area contributed by atoms with E-state index in [0.29, 0.717) is 0 Å². The molecule has 0 aromatic rings. The van der Waals surface area contributed by atoms with Gasteiger partial charge in [0.2, 0.25) is 6.08 Å². The highest BCUT2D eigenvalue weighted by molar-refractivity contribution is 5.91. The van der Waals surface area contributed by atoms with E-state index in [1.807, 2.05) is 0 Å². The molecule has 0 bridgehead atoms. The molecule has 0 spiro atoms. The number of nitrogens with zero attached hydrogens (tertiary/aromatic N) is 1. The van der Waals surface area contributed by atoms with Crippen LogP contribution in [0, 0.1) is 0 Å². The Morgan fingerprint density at radius 1 is 1.64 bits per heavy atom. The molecule has 0 aliphatic rings. The molecule has 0 N–H and O–H groups in total. The predicted octanol–water partition coefficient (Wildman–Crippen LogP) is 1.60. The smallest absolute Gasteiger partial charge is 0.267 e. The Morgan fingerprint density at radius 2 is 2.36 bits per heavy atom. The molecule has 0 aliphatic carbocycles. The molecule has 0 aliphatic heterocycles. The van der Waals surface area contributed by atoms with Gasteiger partial charge in [-0.1, -0.05) is 25.8 Å². The van der Waals surface area contributed by atoms with Crippen LogP contribution in [0.4, 0.5) is 0 Å². The summed E-state index contributed by atoms with van der Waals surface area (Å²) in [6, 6.07) is 0. The highest BCUT2D eigenvalue weighted by Crippen LogP contribution is 1.94. The van der Waals surface area contributed by atoms with E-state index in [9.17, 15) is 9.59 Å². The largest absolute Gasteiger partial charge is 0.280 e. The maximum absolute atomic E-state index is 10.5. The highest BCUT2D eigenvalue weighted by atomic mass is 16.2.